The van der Waals surface area contributed by atoms with Crippen LogP contribution in [0.5, 0.6) is 11.5 Å². The lowest BCUT2D eigenvalue weighted by Gasteiger charge is -2.19. The molecule has 0 aliphatic rings. The van der Waals surface area contributed by atoms with Crippen molar-refractivity contribution in [2.45, 2.75) is 19.4 Å². The fourth-order valence-corrected chi connectivity index (χ4v) is 4.16. The highest BCUT2D eigenvalue weighted by Crippen LogP contribution is 2.41. The van der Waals surface area contributed by atoms with Crippen molar-refractivity contribution in [3.63, 3.8) is 0 Å². The molecule has 0 aliphatic heterocycles. The van der Waals surface area contributed by atoms with Gasteiger partial charge in [0, 0.05) is 22.0 Å². The summed E-state index contributed by atoms with van der Waals surface area (Å²) in [5, 5.41) is 12.7. The minimum absolute atomic E-state index is 0.0949. The van der Waals surface area contributed by atoms with E-state index in [2.05, 4.69) is 4.98 Å². The van der Waals surface area contributed by atoms with E-state index in [1.807, 2.05) is 31.2 Å². The Morgan fingerprint density at radius 1 is 1.12 bits per heavy atom. The van der Waals surface area contributed by atoms with Crippen molar-refractivity contribution in [3.8, 4) is 11.5 Å². The van der Waals surface area contributed by atoms with E-state index in [9.17, 15) is 14.5 Å². The van der Waals surface area contributed by atoms with Gasteiger partial charge >= 0.3 is 0 Å². The maximum absolute atomic E-state index is 13.5. The van der Waals surface area contributed by atoms with Gasteiger partial charge in [-0.15, -0.1) is 0 Å². The first-order chi connectivity index (χ1) is 16.0. The number of H-pyrrole nitrogens is 1. The summed E-state index contributed by atoms with van der Waals surface area (Å²) < 4.78 is 25.1. The Hall–Kier alpha value is -3.58. The molecule has 4 aromatic rings. The SMILES string of the molecule is CCOc1cc([C@H](C[N+](=O)[O-])c2c[nH]c3ccccc23)cc(Cl)c1OCc1cccc(F)c1. The molecule has 4 rings (SSSR count). The number of aromatic amines is 1. The zero-order valence-corrected chi connectivity index (χ0v) is 18.6. The van der Waals surface area contributed by atoms with Gasteiger partial charge in [0.25, 0.3) is 0 Å². The van der Waals surface area contributed by atoms with Gasteiger partial charge in [-0.3, -0.25) is 10.1 Å². The summed E-state index contributed by atoms with van der Waals surface area (Å²) in [6.45, 7) is 1.96. The second kappa shape index (κ2) is 9.92. The van der Waals surface area contributed by atoms with Crippen molar-refractivity contribution in [1.29, 1.82) is 0 Å². The highest BCUT2D eigenvalue weighted by Gasteiger charge is 2.26. The summed E-state index contributed by atoms with van der Waals surface area (Å²) in [6, 6.07) is 17.1. The lowest BCUT2D eigenvalue weighted by molar-refractivity contribution is -0.481. The Kier molecular flexibility index (Phi) is 6.79. The van der Waals surface area contributed by atoms with Gasteiger partial charge in [0.1, 0.15) is 12.4 Å². The molecule has 1 N–H and O–H groups in total. The van der Waals surface area contributed by atoms with Crippen LogP contribution in [0.4, 0.5) is 4.39 Å². The molecule has 170 valence electrons. The number of rotatable bonds is 9. The van der Waals surface area contributed by atoms with E-state index in [0.717, 1.165) is 16.5 Å². The third kappa shape index (κ3) is 5.09. The standard InChI is InChI=1S/C25H22ClFN2O4/c1-2-32-24-12-17(11-22(26)25(24)33-15-16-6-5-7-18(27)10-16)21(14-29(30)31)20-13-28-23-9-4-3-8-19(20)23/h3-13,21,28H,2,14-15H2,1H3/t21-/m0/s1. The van der Waals surface area contributed by atoms with Crippen LogP contribution in [0.2, 0.25) is 5.02 Å². The largest absolute Gasteiger partial charge is 0.490 e. The number of halogens is 2. The van der Waals surface area contributed by atoms with Crippen LogP contribution in [0.3, 0.4) is 0 Å². The highest BCUT2D eigenvalue weighted by molar-refractivity contribution is 6.32. The number of fused-ring (bicyclic) bond motifs is 1. The van der Waals surface area contributed by atoms with E-state index in [4.69, 9.17) is 21.1 Å². The van der Waals surface area contributed by atoms with Gasteiger partial charge in [-0.1, -0.05) is 41.9 Å². The summed E-state index contributed by atoms with van der Waals surface area (Å²) in [5.74, 6) is -0.219. The normalized spacial score (nSPS) is 12.0. The number of hydrogen-bond acceptors (Lipinski definition) is 4. The van der Waals surface area contributed by atoms with E-state index in [0.29, 0.717) is 29.2 Å². The Balaban J connectivity index is 1.73. The van der Waals surface area contributed by atoms with Crippen molar-refractivity contribution in [2.75, 3.05) is 13.2 Å². The summed E-state index contributed by atoms with van der Waals surface area (Å²) in [5.41, 5.74) is 2.98. The van der Waals surface area contributed by atoms with E-state index < -0.39 is 5.92 Å². The van der Waals surface area contributed by atoms with E-state index >= 15 is 0 Å². The second-order valence-electron chi connectivity index (χ2n) is 7.54. The molecule has 0 fully saturated rings. The molecular formula is C25H22ClFN2O4. The number of ether oxygens (including phenoxy) is 2. The fourth-order valence-electron chi connectivity index (χ4n) is 3.89. The molecule has 0 saturated carbocycles. The molecule has 1 atom stereocenters. The zero-order valence-electron chi connectivity index (χ0n) is 17.9. The maximum atomic E-state index is 13.5. The van der Waals surface area contributed by atoms with Crippen LogP contribution in [0.25, 0.3) is 10.9 Å². The van der Waals surface area contributed by atoms with E-state index in [1.165, 1.54) is 12.1 Å². The highest BCUT2D eigenvalue weighted by atomic mass is 35.5. The van der Waals surface area contributed by atoms with Crippen LogP contribution in [-0.4, -0.2) is 23.1 Å². The first kappa shape index (κ1) is 22.6. The second-order valence-corrected chi connectivity index (χ2v) is 7.95. The number of para-hydroxylation sites is 1. The van der Waals surface area contributed by atoms with Crippen molar-refractivity contribution < 1.29 is 18.8 Å². The van der Waals surface area contributed by atoms with E-state index in [-0.39, 0.29) is 28.9 Å². The molecule has 6 nitrogen and oxygen atoms in total. The molecule has 0 saturated heterocycles. The van der Waals surface area contributed by atoms with E-state index in [1.54, 1.807) is 30.5 Å². The Morgan fingerprint density at radius 3 is 2.70 bits per heavy atom. The summed E-state index contributed by atoms with van der Waals surface area (Å²) in [6.07, 6.45) is 1.79. The van der Waals surface area contributed by atoms with Gasteiger partial charge in [0.2, 0.25) is 6.54 Å². The third-order valence-electron chi connectivity index (χ3n) is 5.33. The molecule has 0 spiro atoms. The van der Waals surface area contributed by atoms with Crippen LogP contribution >= 0.6 is 11.6 Å². The molecule has 0 amide bonds. The van der Waals surface area contributed by atoms with Gasteiger partial charge in [-0.25, -0.2) is 4.39 Å². The topological polar surface area (TPSA) is 77.4 Å². The van der Waals surface area contributed by atoms with Crippen molar-refractivity contribution in [1.82, 2.24) is 4.98 Å². The third-order valence-corrected chi connectivity index (χ3v) is 5.62. The monoisotopic (exact) mass is 468 g/mol. The maximum Gasteiger partial charge on any atom is 0.214 e. The molecule has 33 heavy (non-hydrogen) atoms. The number of aromatic nitrogens is 1. The Bertz CT molecular complexity index is 1290. The number of nitrogens with one attached hydrogen (secondary N) is 1. The summed E-state index contributed by atoms with van der Waals surface area (Å²) in [4.78, 5) is 14.4. The molecule has 3 aromatic carbocycles. The lowest BCUT2D eigenvalue weighted by Crippen LogP contribution is -2.14. The number of benzene rings is 3. The number of hydrogen-bond donors (Lipinski definition) is 1. The molecular weight excluding hydrogens is 447 g/mol. The average molecular weight is 469 g/mol. The minimum atomic E-state index is -0.551. The first-order valence-corrected chi connectivity index (χ1v) is 10.8. The average Bonchev–Trinajstić information content (AvgIpc) is 3.21. The minimum Gasteiger partial charge on any atom is -0.490 e. The lowest BCUT2D eigenvalue weighted by atomic mass is 9.90. The molecule has 1 heterocycles. The summed E-state index contributed by atoms with van der Waals surface area (Å²) in [7, 11) is 0. The van der Waals surface area contributed by atoms with Crippen LogP contribution in [0.15, 0.2) is 66.9 Å². The molecule has 0 radical (unpaired) electrons. The van der Waals surface area contributed by atoms with Crippen LogP contribution in [0, 0.1) is 15.9 Å². The summed E-state index contributed by atoms with van der Waals surface area (Å²) >= 11 is 6.57. The number of nitro groups is 1. The quantitative estimate of drug-likeness (QED) is 0.229. The van der Waals surface area contributed by atoms with Gasteiger partial charge in [-0.05, 0) is 53.9 Å². The molecule has 8 heteroatoms. The van der Waals surface area contributed by atoms with Gasteiger partial charge in [-0.2, -0.15) is 0 Å². The van der Waals surface area contributed by atoms with Gasteiger partial charge < -0.3 is 14.5 Å². The predicted molar refractivity (Wildman–Crippen MR) is 125 cm³/mol. The molecule has 0 bridgehead atoms. The molecule has 0 unspecified atom stereocenters. The number of nitrogens with zero attached hydrogens (tertiary/aromatic N) is 1. The van der Waals surface area contributed by atoms with Crippen LogP contribution < -0.4 is 9.47 Å². The first-order valence-electron chi connectivity index (χ1n) is 10.5. The predicted octanol–water partition coefficient (Wildman–Crippen LogP) is 6.35. The van der Waals surface area contributed by atoms with Crippen LogP contribution in [-0.2, 0) is 6.61 Å². The van der Waals surface area contributed by atoms with Crippen molar-refractivity contribution in [3.05, 3.63) is 105 Å². The zero-order chi connectivity index (χ0) is 23.4. The van der Waals surface area contributed by atoms with Gasteiger partial charge in [0.15, 0.2) is 11.5 Å². The van der Waals surface area contributed by atoms with Crippen molar-refractivity contribution in [2.24, 2.45) is 0 Å². The fraction of sp³-hybridized carbons (Fsp3) is 0.200. The molecule has 1 aromatic heterocycles. The van der Waals surface area contributed by atoms with Crippen molar-refractivity contribution >= 4 is 22.5 Å². The Morgan fingerprint density at radius 2 is 1.94 bits per heavy atom. The van der Waals surface area contributed by atoms with Gasteiger partial charge in [0.05, 0.1) is 17.5 Å². The Labute approximate surface area is 195 Å². The molecule has 0 aliphatic carbocycles. The smallest absolute Gasteiger partial charge is 0.214 e. The van der Waals surface area contributed by atoms with Crippen LogP contribution in [0.1, 0.15) is 29.5 Å².